The van der Waals surface area contributed by atoms with Crippen molar-refractivity contribution in [3.05, 3.63) is 12.8 Å². The molecule has 0 aliphatic heterocycles. The molecule has 0 atom stereocenters. The maximum atomic E-state index is 8.04. The molecule has 36 valence electrons. The third-order valence-corrected chi connectivity index (χ3v) is 0.447. The summed E-state index contributed by atoms with van der Waals surface area (Å²) in [5.74, 6) is 0. The van der Waals surface area contributed by atoms with E-state index in [9.17, 15) is 0 Å². The van der Waals surface area contributed by atoms with Crippen LogP contribution < -0.4 is 0 Å². The summed E-state index contributed by atoms with van der Waals surface area (Å²) in [6.07, 6.45) is 1.35. The molecule has 0 saturated heterocycles. The van der Waals surface area contributed by atoms with Crippen molar-refractivity contribution in [1.29, 1.82) is 5.26 Å². The van der Waals surface area contributed by atoms with Gasteiger partial charge in [0.1, 0.15) is 11.8 Å². The summed E-state index contributed by atoms with van der Waals surface area (Å²) in [5.41, 5.74) is 0.440. The van der Waals surface area contributed by atoms with Gasteiger partial charge in [0.05, 0.1) is 0 Å². The SMILES string of the molecule is C=C/N=C(\C)C#N. The van der Waals surface area contributed by atoms with E-state index in [0.29, 0.717) is 5.71 Å². The first-order valence-corrected chi connectivity index (χ1v) is 1.86. The van der Waals surface area contributed by atoms with Crippen molar-refractivity contribution in [2.45, 2.75) is 6.92 Å². The molecule has 0 unspecified atom stereocenters. The van der Waals surface area contributed by atoms with E-state index in [1.807, 2.05) is 6.07 Å². The number of hydrogen-bond donors (Lipinski definition) is 0. The number of hydrogen-bond acceptors (Lipinski definition) is 2. The molecule has 0 radical (unpaired) electrons. The van der Waals surface area contributed by atoms with Gasteiger partial charge in [-0.2, -0.15) is 5.26 Å². The molecule has 2 nitrogen and oxygen atoms in total. The maximum absolute atomic E-state index is 8.04. The number of nitrogens with zero attached hydrogens (tertiary/aromatic N) is 2. The van der Waals surface area contributed by atoms with E-state index in [4.69, 9.17) is 5.26 Å². The van der Waals surface area contributed by atoms with Crippen LogP contribution >= 0.6 is 0 Å². The summed E-state index contributed by atoms with van der Waals surface area (Å²) in [5, 5.41) is 8.04. The molecule has 2 heteroatoms. The van der Waals surface area contributed by atoms with E-state index < -0.39 is 0 Å². The Bertz CT molecular complexity index is 128. The van der Waals surface area contributed by atoms with Crippen molar-refractivity contribution in [3.63, 3.8) is 0 Å². The smallest absolute Gasteiger partial charge is 0.115 e. The summed E-state index contributed by atoms with van der Waals surface area (Å²) in [4.78, 5) is 3.56. The van der Waals surface area contributed by atoms with E-state index in [0.717, 1.165) is 0 Å². The van der Waals surface area contributed by atoms with Crippen molar-refractivity contribution in [2.75, 3.05) is 0 Å². The van der Waals surface area contributed by atoms with Crippen LogP contribution in [0.1, 0.15) is 6.92 Å². The average Bonchev–Trinajstić information content (AvgIpc) is 1.68. The first-order chi connectivity index (χ1) is 3.31. The first kappa shape index (κ1) is 5.90. The Balaban J connectivity index is 3.80. The van der Waals surface area contributed by atoms with Gasteiger partial charge in [-0.3, -0.25) is 4.99 Å². The van der Waals surface area contributed by atoms with Gasteiger partial charge in [0.15, 0.2) is 0 Å². The van der Waals surface area contributed by atoms with Gasteiger partial charge in [0.25, 0.3) is 0 Å². The lowest BCUT2D eigenvalue weighted by atomic mass is 10.5. The molecule has 0 aromatic rings. The summed E-state index contributed by atoms with van der Waals surface area (Å²) >= 11 is 0. The Morgan fingerprint density at radius 1 is 2.00 bits per heavy atom. The molecule has 0 amide bonds. The van der Waals surface area contributed by atoms with Gasteiger partial charge in [-0.1, -0.05) is 6.58 Å². The second kappa shape index (κ2) is 3.10. The van der Waals surface area contributed by atoms with Crippen LogP contribution in [0, 0.1) is 11.3 Å². The summed E-state index contributed by atoms with van der Waals surface area (Å²) < 4.78 is 0. The Kier molecular flexibility index (Phi) is 2.62. The minimum Gasteiger partial charge on any atom is -0.251 e. The Labute approximate surface area is 42.8 Å². The van der Waals surface area contributed by atoms with Crippen LogP contribution in [0.4, 0.5) is 0 Å². The number of rotatable bonds is 1. The van der Waals surface area contributed by atoms with E-state index >= 15 is 0 Å². The molecule has 0 aromatic heterocycles. The lowest BCUT2D eigenvalue weighted by molar-refractivity contribution is 1.50. The Hall–Kier alpha value is -1.10. The second-order valence-electron chi connectivity index (χ2n) is 1.01. The fourth-order valence-electron chi connectivity index (χ4n) is 0.166. The van der Waals surface area contributed by atoms with Gasteiger partial charge >= 0.3 is 0 Å². The van der Waals surface area contributed by atoms with Crippen molar-refractivity contribution in [3.8, 4) is 6.07 Å². The molecule has 0 fully saturated rings. The first-order valence-electron chi connectivity index (χ1n) is 1.86. The van der Waals surface area contributed by atoms with Crippen LogP contribution in [-0.2, 0) is 0 Å². The number of aliphatic imine (C=N–C) groups is 1. The van der Waals surface area contributed by atoms with Crippen LogP contribution in [0.5, 0.6) is 0 Å². The minimum atomic E-state index is 0.440. The van der Waals surface area contributed by atoms with Crippen molar-refractivity contribution >= 4 is 5.71 Å². The van der Waals surface area contributed by atoms with Gasteiger partial charge in [0.2, 0.25) is 0 Å². The highest BCUT2D eigenvalue weighted by Gasteiger charge is 1.75. The molecule has 0 aliphatic rings. The lowest BCUT2D eigenvalue weighted by Crippen LogP contribution is -1.78. The molecular weight excluding hydrogens is 88.1 g/mol. The molecule has 0 aliphatic carbocycles. The quantitative estimate of drug-likeness (QED) is 0.448. The zero-order valence-corrected chi connectivity index (χ0v) is 4.18. The van der Waals surface area contributed by atoms with E-state index in [-0.39, 0.29) is 0 Å². The fraction of sp³-hybridized carbons (Fsp3) is 0.200. The molecule has 0 spiro atoms. The third kappa shape index (κ3) is 2.71. The van der Waals surface area contributed by atoms with Crippen LogP contribution in [0.3, 0.4) is 0 Å². The summed E-state index contributed by atoms with van der Waals surface area (Å²) in [6, 6.07) is 1.84. The van der Waals surface area contributed by atoms with Crippen LogP contribution in [0.2, 0.25) is 0 Å². The van der Waals surface area contributed by atoms with Crippen LogP contribution in [0.25, 0.3) is 0 Å². The predicted molar refractivity (Wildman–Crippen MR) is 28.9 cm³/mol. The zero-order valence-electron chi connectivity index (χ0n) is 4.18. The molecular formula is C5H6N2. The second-order valence-corrected chi connectivity index (χ2v) is 1.01. The lowest BCUT2D eigenvalue weighted by Gasteiger charge is -1.72. The molecule has 0 N–H and O–H groups in total. The van der Waals surface area contributed by atoms with Gasteiger partial charge < -0.3 is 0 Å². The maximum Gasteiger partial charge on any atom is 0.115 e. The predicted octanol–water partition coefficient (Wildman–Crippen LogP) is 1.11. The van der Waals surface area contributed by atoms with Crippen LogP contribution in [-0.4, -0.2) is 5.71 Å². The van der Waals surface area contributed by atoms with Crippen molar-refractivity contribution in [1.82, 2.24) is 0 Å². The minimum absolute atomic E-state index is 0.440. The largest absolute Gasteiger partial charge is 0.251 e. The van der Waals surface area contributed by atoms with E-state index in [1.54, 1.807) is 6.92 Å². The summed E-state index contributed by atoms with van der Waals surface area (Å²) in [7, 11) is 0. The molecule has 0 saturated carbocycles. The average molecular weight is 94.1 g/mol. The van der Waals surface area contributed by atoms with E-state index in [2.05, 4.69) is 11.6 Å². The zero-order chi connectivity index (χ0) is 5.70. The summed E-state index contributed by atoms with van der Waals surface area (Å²) in [6.45, 7) is 4.94. The molecule has 0 bridgehead atoms. The fourth-order valence-corrected chi connectivity index (χ4v) is 0.166. The molecule has 0 heterocycles. The van der Waals surface area contributed by atoms with Crippen LogP contribution in [0.15, 0.2) is 17.8 Å². The highest BCUT2D eigenvalue weighted by molar-refractivity contribution is 5.96. The highest BCUT2D eigenvalue weighted by Crippen LogP contribution is 1.72. The van der Waals surface area contributed by atoms with Crippen molar-refractivity contribution in [2.24, 2.45) is 4.99 Å². The molecule has 0 aromatic carbocycles. The Morgan fingerprint density at radius 3 is 2.71 bits per heavy atom. The van der Waals surface area contributed by atoms with Gasteiger partial charge in [-0.15, -0.1) is 0 Å². The van der Waals surface area contributed by atoms with Crippen molar-refractivity contribution < 1.29 is 0 Å². The van der Waals surface area contributed by atoms with E-state index in [1.165, 1.54) is 6.20 Å². The number of nitriles is 1. The Morgan fingerprint density at radius 2 is 2.57 bits per heavy atom. The van der Waals surface area contributed by atoms with Gasteiger partial charge in [-0.05, 0) is 6.92 Å². The monoisotopic (exact) mass is 94.1 g/mol. The molecule has 0 rings (SSSR count). The van der Waals surface area contributed by atoms with Gasteiger partial charge in [-0.25, -0.2) is 0 Å². The standard InChI is InChI=1S/C5H6N2/c1-3-7-5(2)4-6/h3H,1H2,2H3/b7-5+. The highest BCUT2D eigenvalue weighted by atomic mass is 14.7. The van der Waals surface area contributed by atoms with Gasteiger partial charge in [0, 0.05) is 6.20 Å². The third-order valence-electron chi connectivity index (χ3n) is 0.447. The topological polar surface area (TPSA) is 36.1 Å². The molecule has 7 heavy (non-hydrogen) atoms. The normalized spacial score (nSPS) is 10.0.